The van der Waals surface area contributed by atoms with Crippen LogP contribution < -0.4 is 4.74 Å². The maximum absolute atomic E-state index is 12.2. The highest BCUT2D eigenvalue weighted by Crippen LogP contribution is 2.19. The van der Waals surface area contributed by atoms with E-state index in [1.54, 1.807) is 0 Å². The van der Waals surface area contributed by atoms with Crippen LogP contribution in [0.5, 0.6) is 6.01 Å². The largest absolute Gasteiger partial charge is 0.387 e. The van der Waals surface area contributed by atoms with Gasteiger partial charge in [0.15, 0.2) is 0 Å². The smallest absolute Gasteiger partial charge is 0.346 e. The number of carbonyl (C=O) groups excluding carboxylic acids is 1. The lowest BCUT2D eigenvalue weighted by atomic mass is 10.0. The lowest BCUT2D eigenvalue weighted by Crippen LogP contribution is -2.14. The Morgan fingerprint density at radius 3 is 2.00 bits per heavy atom. The summed E-state index contributed by atoms with van der Waals surface area (Å²) in [4.78, 5) is 23.1. The summed E-state index contributed by atoms with van der Waals surface area (Å²) in [6.45, 7) is 5.63. The molecule has 104 valence electrons. The first-order valence-electron chi connectivity index (χ1n) is 5.74. The summed E-state index contributed by atoms with van der Waals surface area (Å²) in [5, 5.41) is -0.268. The number of aromatic nitrogens is 3. The van der Waals surface area contributed by atoms with Crippen molar-refractivity contribution >= 4 is 29.2 Å². The molecule has 0 unspecified atom stereocenters. The molecule has 1 aromatic heterocycles. The molecule has 0 saturated carbocycles. The van der Waals surface area contributed by atoms with Crippen molar-refractivity contribution in [1.82, 2.24) is 15.0 Å². The number of hydrogen-bond donors (Lipinski definition) is 0. The molecular weight excluding hydrogens is 301 g/mol. The number of ether oxygens (including phenoxy) is 1. The van der Waals surface area contributed by atoms with Crippen molar-refractivity contribution in [3.63, 3.8) is 0 Å². The third-order valence-electron chi connectivity index (χ3n) is 2.63. The first-order chi connectivity index (χ1) is 9.36. The van der Waals surface area contributed by atoms with Gasteiger partial charge in [0.25, 0.3) is 0 Å². The maximum atomic E-state index is 12.2. The molecule has 5 nitrogen and oxygen atoms in total. The molecule has 2 rings (SSSR count). The van der Waals surface area contributed by atoms with Crippen LogP contribution in [0.15, 0.2) is 12.1 Å². The van der Waals surface area contributed by atoms with Crippen molar-refractivity contribution in [2.75, 3.05) is 0 Å². The molecule has 0 saturated heterocycles. The SMILES string of the molecule is Cc1cc(C)c(C(=O)Oc2nc(Cl)nc(Cl)n2)c(C)c1. The summed E-state index contributed by atoms with van der Waals surface area (Å²) >= 11 is 11.2. The fraction of sp³-hybridized carbons (Fsp3) is 0.231. The molecule has 0 spiro atoms. The number of benzene rings is 1. The summed E-state index contributed by atoms with van der Waals surface area (Å²) in [5.41, 5.74) is 3.18. The molecule has 0 fully saturated rings. The van der Waals surface area contributed by atoms with Crippen molar-refractivity contribution in [2.24, 2.45) is 0 Å². The number of esters is 1. The van der Waals surface area contributed by atoms with E-state index in [1.165, 1.54) is 0 Å². The Bertz CT molecular complexity index is 646. The van der Waals surface area contributed by atoms with Gasteiger partial charge in [-0.15, -0.1) is 0 Å². The number of rotatable bonds is 2. The van der Waals surface area contributed by atoms with Gasteiger partial charge >= 0.3 is 12.0 Å². The normalized spacial score (nSPS) is 10.4. The Labute approximate surface area is 125 Å². The molecule has 7 heteroatoms. The van der Waals surface area contributed by atoms with Crippen LogP contribution in [0.25, 0.3) is 0 Å². The Morgan fingerprint density at radius 2 is 1.50 bits per heavy atom. The summed E-state index contributed by atoms with van der Waals surface area (Å²) in [7, 11) is 0. The van der Waals surface area contributed by atoms with Crippen LogP contribution in [0.3, 0.4) is 0 Å². The molecule has 2 aromatic rings. The summed E-state index contributed by atoms with van der Waals surface area (Å²) < 4.78 is 5.09. The van der Waals surface area contributed by atoms with Gasteiger partial charge in [0.2, 0.25) is 10.6 Å². The monoisotopic (exact) mass is 311 g/mol. The van der Waals surface area contributed by atoms with Crippen molar-refractivity contribution in [2.45, 2.75) is 20.8 Å². The first-order valence-corrected chi connectivity index (χ1v) is 6.49. The molecule has 0 bridgehead atoms. The van der Waals surface area contributed by atoms with Gasteiger partial charge in [-0.05, 0) is 55.1 Å². The van der Waals surface area contributed by atoms with Crippen molar-refractivity contribution in [3.05, 3.63) is 45.0 Å². The molecule has 1 aromatic carbocycles. The molecule has 0 atom stereocenters. The van der Waals surface area contributed by atoms with E-state index in [0.717, 1.165) is 16.7 Å². The highest BCUT2D eigenvalue weighted by Gasteiger charge is 2.17. The number of hydrogen-bond acceptors (Lipinski definition) is 5. The Hall–Kier alpha value is -1.72. The van der Waals surface area contributed by atoms with Gasteiger partial charge < -0.3 is 4.74 Å². The van der Waals surface area contributed by atoms with Crippen LogP contribution in [-0.2, 0) is 0 Å². The van der Waals surface area contributed by atoms with Crippen molar-refractivity contribution in [1.29, 1.82) is 0 Å². The first kappa shape index (κ1) is 14.7. The van der Waals surface area contributed by atoms with E-state index in [1.807, 2.05) is 32.9 Å². The Balaban J connectivity index is 2.33. The van der Waals surface area contributed by atoms with E-state index in [2.05, 4.69) is 15.0 Å². The molecule has 0 N–H and O–H groups in total. The van der Waals surface area contributed by atoms with E-state index in [9.17, 15) is 4.79 Å². The topological polar surface area (TPSA) is 65.0 Å². The zero-order chi connectivity index (χ0) is 14.9. The van der Waals surface area contributed by atoms with Gasteiger partial charge in [0, 0.05) is 0 Å². The van der Waals surface area contributed by atoms with Crippen molar-refractivity contribution in [3.8, 4) is 6.01 Å². The average Bonchev–Trinajstić information content (AvgIpc) is 2.25. The molecule has 1 heterocycles. The fourth-order valence-electron chi connectivity index (χ4n) is 1.99. The Kier molecular flexibility index (Phi) is 4.20. The van der Waals surface area contributed by atoms with Gasteiger partial charge in [0.1, 0.15) is 0 Å². The molecule has 0 aliphatic heterocycles. The number of aryl methyl sites for hydroxylation is 3. The lowest BCUT2D eigenvalue weighted by molar-refractivity contribution is 0.0717. The highest BCUT2D eigenvalue weighted by molar-refractivity contribution is 6.31. The summed E-state index contributed by atoms with van der Waals surface area (Å²) in [5.74, 6) is -0.557. The predicted molar refractivity (Wildman–Crippen MR) is 75.5 cm³/mol. The van der Waals surface area contributed by atoms with E-state index in [4.69, 9.17) is 27.9 Å². The molecule has 0 aliphatic carbocycles. The molecule has 0 aliphatic rings. The summed E-state index contributed by atoms with van der Waals surface area (Å²) in [6.07, 6.45) is 0. The zero-order valence-corrected chi connectivity index (χ0v) is 12.6. The fourth-order valence-corrected chi connectivity index (χ4v) is 2.34. The van der Waals surface area contributed by atoms with Crippen molar-refractivity contribution < 1.29 is 9.53 Å². The lowest BCUT2D eigenvalue weighted by Gasteiger charge is -2.09. The second-order valence-corrected chi connectivity index (χ2v) is 5.00. The van der Waals surface area contributed by atoms with Gasteiger partial charge in [-0.25, -0.2) is 4.79 Å². The second kappa shape index (κ2) is 5.73. The number of nitrogens with zero attached hydrogens (tertiary/aromatic N) is 3. The maximum Gasteiger partial charge on any atom is 0.346 e. The number of halogens is 2. The zero-order valence-electron chi connectivity index (χ0n) is 11.1. The standard InChI is InChI=1S/C13H11Cl2N3O2/c1-6-4-7(2)9(8(3)5-6)10(19)20-13-17-11(14)16-12(15)18-13/h4-5H,1-3H3. The van der Waals surface area contributed by atoms with Crippen LogP contribution in [0, 0.1) is 20.8 Å². The molecule has 0 amide bonds. The van der Waals surface area contributed by atoms with Gasteiger partial charge in [-0.1, -0.05) is 17.7 Å². The van der Waals surface area contributed by atoms with E-state index >= 15 is 0 Å². The van der Waals surface area contributed by atoms with Crippen LogP contribution in [0.4, 0.5) is 0 Å². The predicted octanol–water partition coefficient (Wildman–Crippen LogP) is 3.32. The van der Waals surface area contributed by atoms with Gasteiger partial charge in [-0.2, -0.15) is 15.0 Å². The second-order valence-electron chi connectivity index (χ2n) is 4.32. The van der Waals surface area contributed by atoms with E-state index in [-0.39, 0.29) is 16.6 Å². The molecule has 0 radical (unpaired) electrons. The van der Waals surface area contributed by atoms with Crippen LogP contribution in [-0.4, -0.2) is 20.9 Å². The van der Waals surface area contributed by atoms with Gasteiger partial charge in [0.05, 0.1) is 5.56 Å². The number of carbonyl (C=O) groups is 1. The molecule has 20 heavy (non-hydrogen) atoms. The third-order valence-corrected chi connectivity index (χ3v) is 2.96. The third kappa shape index (κ3) is 3.23. The van der Waals surface area contributed by atoms with Gasteiger partial charge in [-0.3, -0.25) is 0 Å². The van der Waals surface area contributed by atoms with E-state index < -0.39 is 5.97 Å². The minimum absolute atomic E-state index is 0.134. The van der Waals surface area contributed by atoms with E-state index in [0.29, 0.717) is 5.56 Å². The minimum Gasteiger partial charge on any atom is -0.387 e. The quantitative estimate of drug-likeness (QED) is 0.796. The average molecular weight is 312 g/mol. The highest BCUT2D eigenvalue weighted by atomic mass is 35.5. The minimum atomic E-state index is -0.557. The Morgan fingerprint density at radius 1 is 1.00 bits per heavy atom. The van der Waals surface area contributed by atoms with Crippen LogP contribution in [0.2, 0.25) is 10.6 Å². The molecular formula is C13H11Cl2N3O2. The van der Waals surface area contributed by atoms with Crippen LogP contribution in [0.1, 0.15) is 27.0 Å². The summed E-state index contributed by atoms with van der Waals surface area (Å²) in [6, 6.07) is 3.58. The van der Waals surface area contributed by atoms with Crippen LogP contribution >= 0.6 is 23.2 Å².